The Morgan fingerprint density at radius 1 is 1.23 bits per heavy atom. The van der Waals surface area contributed by atoms with Gasteiger partial charge in [0.1, 0.15) is 0 Å². The molecule has 2 aromatic rings. The smallest absolute Gasteiger partial charge is 0.191 e. The molecule has 0 spiro atoms. The van der Waals surface area contributed by atoms with Gasteiger partial charge >= 0.3 is 0 Å². The van der Waals surface area contributed by atoms with Crippen molar-refractivity contribution >= 4 is 52.1 Å². The van der Waals surface area contributed by atoms with E-state index in [1.807, 2.05) is 30.3 Å². The number of guanidine groups is 1. The molecule has 0 aliphatic carbocycles. The Balaban J connectivity index is 0.00000242. The summed E-state index contributed by atoms with van der Waals surface area (Å²) < 4.78 is 12.1. The van der Waals surface area contributed by atoms with E-state index < -0.39 is 10.8 Å². The molecule has 0 bridgehead atoms. The van der Waals surface area contributed by atoms with Crippen LogP contribution >= 0.6 is 35.3 Å². The summed E-state index contributed by atoms with van der Waals surface area (Å²) in [6.45, 7) is 1.36. The van der Waals surface area contributed by atoms with E-state index in [0.29, 0.717) is 12.3 Å². The zero-order chi connectivity index (χ0) is 14.9. The lowest BCUT2D eigenvalue weighted by Crippen LogP contribution is -2.38. The van der Waals surface area contributed by atoms with E-state index in [2.05, 4.69) is 32.5 Å². The zero-order valence-electron chi connectivity index (χ0n) is 12.3. The molecule has 0 saturated heterocycles. The predicted molar refractivity (Wildman–Crippen MR) is 106 cm³/mol. The Bertz CT molecular complexity index is 588. The van der Waals surface area contributed by atoms with Gasteiger partial charge in [-0.05, 0) is 34.5 Å². The second-order valence-corrected chi connectivity index (χ2v) is 6.70. The summed E-state index contributed by atoms with van der Waals surface area (Å²) in [5, 5.41) is 10.6. The van der Waals surface area contributed by atoms with E-state index in [9.17, 15) is 4.21 Å². The number of halogens is 1. The summed E-state index contributed by atoms with van der Waals surface area (Å²) in [5.41, 5.74) is 1.23. The lowest BCUT2D eigenvalue weighted by atomic mass is 10.3. The SMILES string of the molecule is CN=C(NCCS(=O)c1ccccc1)NCc1ccsc1.I. The maximum Gasteiger partial charge on any atom is 0.191 e. The van der Waals surface area contributed by atoms with Crippen LogP contribution in [0.1, 0.15) is 5.56 Å². The number of rotatable bonds is 6. The molecule has 7 heteroatoms. The molecular weight excluding hydrogens is 429 g/mol. The topological polar surface area (TPSA) is 53.5 Å². The fourth-order valence-corrected chi connectivity index (χ4v) is 3.40. The molecular formula is C15H20IN3OS2. The Hall–Kier alpha value is -0.930. The average Bonchev–Trinajstić information content (AvgIpc) is 3.04. The second kappa shape index (κ2) is 10.7. The van der Waals surface area contributed by atoms with Crippen molar-refractivity contribution in [3.63, 3.8) is 0 Å². The molecule has 120 valence electrons. The normalized spacial score (nSPS) is 12.3. The summed E-state index contributed by atoms with van der Waals surface area (Å²) >= 11 is 1.68. The molecule has 22 heavy (non-hydrogen) atoms. The van der Waals surface area contributed by atoms with E-state index >= 15 is 0 Å². The zero-order valence-corrected chi connectivity index (χ0v) is 16.3. The first kappa shape index (κ1) is 19.1. The first-order valence-corrected chi connectivity index (χ1v) is 8.95. The van der Waals surface area contributed by atoms with Crippen molar-refractivity contribution in [2.75, 3.05) is 19.3 Å². The Morgan fingerprint density at radius 2 is 2.00 bits per heavy atom. The fraction of sp³-hybridized carbons (Fsp3) is 0.267. The van der Waals surface area contributed by atoms with E-state index in [-0.39, 0.29) is 24.0 Å². The van der Waals surface area contributed by atoms with Crippen LogP contribution in [0.5, 0.6) is 0 Å². The summed E-state index contributed by atoms with van der Waals surface area (Å²) in [6.07, 6.45) is 0. The number of benzene rings is 1. The number of nitrogens with zero attached hydrogens (tertiary/aromatic N) is 1. The van der Waals surface area contributed by atoms with Gasteiger partial charge in [-0.1, -0.05) is 18.2 Å². The van der Waals surface area contributed by atoms with Crippen LogP contribution in [0.25, 0.3) is 0 Å². The number of hydrogen-bond acceptors (Lipinski definition) is 3. The van der Waals surface area contributed by atoms with Gasteiger partial charge in [0, 0.05) is 30.8 Å². The molecule has 0 radical (unpaired) electrons. The van der Waals surface area contributed by atoms with Crippen LogP contribution in [0, 0.1) is 0 Å². The molecule has 4 nitrogen and oxygen atoms in total. The highest BCUT2D eigenvalue weighted by molar-refractivity contribution is 14.0. The van der Waals surface area contributed by atoms with Crippen LogP contribution in [0.3, 0.4) is 0 Å². The van der Waals surface area contributed by atoms with Crippen LogP contribution < -0.4 is 10.6 Å². The highest BCUT2D eigenvalue weighted by Gasteiger charge is 2.03. The number of aliphatic imine (C=N–C) groups is 1. The van der Waals surface area contributed by atoms with Gasteiger partial charge < -0.3 is 10.6 Å². The van der Waals surface area contributed by atoms with E-state index in [0.717, 1.165) is 17.4 Å². The summed E-state index contributed by atoms with van der Waals surface area (Å²) in [4.78, 5) is 5.02. The standard InChI is InChI=1S/C15H19N3OS2.HI/c1-16-15(18-11-13-7-9-20-12-13)17-8-10-21(19)14-5-3-2-4-6-14;/h2-7,9,12H,8,10-11H2,1H3,(H2,16,17,18);1H. The third-order valence-electron chi connectivity index (χ3n) is 2.85. The van der Waals surface area contributed by atoms with Crippen molar-refractivity contribution in [1.82, 2.24) is 10.6 Å². The van der Waals surface area contributed by atoms with Crippen molar-refractivity contribution in [1.29, 1.82) is 0 Å². The molecule has 1 atom stereocenters. The Kier molecular flexibility index (Phi) is 9.33. The molecule has 2 N–H and O–H groups in total. The first-order chi connectivity index (χ1) is 10.3. The van der Waals surface area contributed by atoms with Crippen LogP contribution in [-0.2, 0) is 17.3 Å². The van der Waals surface area contributed by atoms with Crippen molar-refractivity contribution in [2.45, 2.75) is 11.4 Å². The predicted octanol–water partition coefficient (Wildman–Crippen LogP) is 2.84. The lowest BCUT2D eigenvalue weighted by Gasteiger charge is -2.11. The van der Waals surface area contributed by atoms with Crippen LogP contribution in [0.2, 0.25) is 0 Å². The van der Waals surface area contributed by atoms with Crippen LogP contribution in [-0.4, -0.2) is 29.5 Å². The fourth-order valence-electron chi connectivity index (χ4n) is 1.75. The van der Waals surface area contributed by atoms with Gasteiger partial charge in [0.2, 0.25) is 0 Å². The van der Waals surface area contributed by atoms with Gasteiger partial charge in [-0.15, -0.1) is 24.0 Å². The molecule has 1 aromatic heterocycles. The van der Waals surface area contributed by atoms with Crippen molar-refractivity contribution in [3.05, 3.63) is 52.7 Å². The molecule has 1 heterocycles. The average molecular weight is 449 g/mol. The first-order valence-electron chi connectivity index (χ1n) is 6.68. The van der Waals surface area contributed by atoms with Crippen molar-refractivity contribution in [3.8, 4) is 0 Å². The summed E-state index contributed by atoms with van der Waals surface area (Å²) in [5.74, 6) is 1.29. The molecule has 0 aliphatic rings. The van der Waals surface area contributed by atoms with Crippen molar-refractivity contribution in [2.24, 2.45) is 4.99 Å². The highest BCUT2D eigenvalue weighted by Crippen LogP contribution is 2.05. The minimum atomic E-state index is -0.979. The highest BCUT2D eigenvalue weighted by atomic mass is 127. The van der Waals surface area contributed by atoms with Gasteiger partial charge in [0.25, 0.3) is 0 Å². The van der Waals surface area contributed by atoms with Gasteiger partial charge in [0.15, 0.2) is 5.96 Å². The third kappa shape index (κ3) is 6.45. The van der Waals surface area contributed by atoms with E-state index in [1.165, 1.54) is 5.56 Å². The molecule has 1 aromatic carbocycles. The molecule has 0 fully saturated rings. The van der Waals surface area contributed by atoms with Crippen LogP contribution in [0.4, 0.5) is 0 Å². The maximum absolute atomic E-state index is 12.1. The van der Waals surface area contributed by atoms with Gasteiger partial charge in [-0.25, -0.2) is 0 Å². The quantitative estimate of drug-likeness (QED) is 0.405. The van der Waals surface area contributed by atoms with Crippen molar-refractivity contribution < 1.29 is 4.21 Å². The Labute approximate surface area is 154 Å². The molecule has 0 aliphatic heterocycles. The number of nitrogens with one attached hydrogen (secondary N) is 2. The molecule has 0 amide bonds. The maximum atomic E-state index is 12.1. The van der Waals surface area contributed by atoms with E-state index in [4.69, 9.17) is 0 Å². The van der Waals surface area contributed by atoms with Gasteiger partial charge in [-0.2, -0.15) is 11.3 Å². The minimum Gasteiger partial charge on any atom is -0.355 e. The van der Waals surface area contributed by atoms with Gasteiger partial charge in [0.05, 0.1) is 10.8 Å². The van der Waals surface area contributed by atoms with E-state index in [1.54, 1.807) is 18.4 Å². The minimum absolute atomic E-state index is 0. The molecule has 0 saturated carbocycles. The summed E-state index contributed by atoms with van der Waals surface area (Å²) in [7, 11) is 0.754. The van der Waals surface area contributed by atoms with Crippen LogP contribution in [0.15, 0.2) is 57.0 Å². The third-order valence-corrected chi connectivity index (χ3v) is 4.95. The largest absolute Gasteiger partial charge is 0.355 e. The lowest BCUT2D eigenvalue weighted by molar-refractivity contribution is 0.681. The summed E-state index contributed by atoms with van der Waals surface area (Å²) in [6, 6.07) is 11.6. The molecule has 2 rings (SSSR count). The molecule has 1 unspecified atom stereocenters. The second-order valence-electron chi connectivity index (χ2n) is 4.35. The monoisotopic (exact) mass is 449 g/mol. The van der Waals surface area contributed by atoms with Gasteiger partial charge in [-0.3, -0.25) is 9.20 Å². The number of hydrogen-bond donors (Lipinski definition) is 2. The Morgan fingerprint density at radius 3 is 2.64 bits per heavy atom. The number of thiophene rings is 1.